The summed E-state index contributed by atoms with van der Waals surface area (Å²) in [5.74, 6) is -0.935. The van der Waals surface area contributed by atoms with E-state index in [1.807, 2.05) is 0 Å². The third-order valence-corrected chi connectivity index (χ3v) is 5.96. The first kappa shape index (κ1) is 28.1. The van der Waals surface area contributed by atoms with Gasteiger partial charge in [-0.05, 0) is 80.9 Å². The third-order valence-electron chi connectivity index (χ3n) is 5.96. The number of nitrogens with two attached hydrogens (primary N) is 1. The number of aliphatic hydroxyl groups excluding tert-OH is 1. The Labute approximate surface area is 212 Å². The second-order valence-corrected chi connectivity index (χ2v) is 9.47. The predicted octanol–water partition coefficient (Wildman–Crippen LogP) is 4.70. The van der Waals surface area contributed by atoms with Gasteiger partial charge in [-0.25, -0.2) is 4.39 Å². The fourth-order valence-corrected chi connectivity index (χ4v) is 3.54. The van der Waals surface area contributed by atoms with E-state index in [0.29, 0.717) is 16.9 Å². The maximum Gasteiger partial charge on any atom is 0.401 e. The minimum atomic E-state index is -4.79. The summed E-state index contributed by atoms with van der Waals surface area (Å²) >= 11 is 0. The number of hydrogen-bond donors (Lipinski definition) is 3. The minimum absolute atomic E-state index is 0.00705. The van der Waals surface area contributed by atoms with Crippen LogP contribution in [0.5, 0.6) is 5.75 Å². The maximum absolute atomic E-state index is 14.5. The van der Waals surface area contributed by atoms with Gasteiger partial charge < -0.3 is 20.9 Å². The second kappa shape index (κ2) is 10.9. The quantitative estimate of drug-likeness (QED) is 0.356. The van der Waals surface area contributed by atoms with Crippen LogP contribution in [-0.2, 0) is 11.0 Å². The molecule has 3 aromatic rings. The van der Waals surface area contributed by atoms with Crippen LogP contribution >= 0.6 is 0 Å². The van der Waals surface area contributed by atoms with Crippen LogP contribution in [0, 0.1) is 5.82 Å². The number of carbonyl (C=O) groups excluding carboxylic acids is 1. The normalized spacial score (nSPS) is 13.6. The highest BCUT2D eigenvalue weighted by Crippen LogP contribution is 2.41. The zero-order valence-electron chi connectivity index (χ0n) is 20.7. The molecule has 0 aliphatic heterocycles. The zero-order chi connectivity index (χ0) is 27.4. The number of benzene rings is 2. The number of nitrogens with one attached hydrogen (secondary N) is 1. The van der Waals surface area contributed by atoms with Crippen LogP contribution in [-0.4, -0.2) is 41.9 Å². The van der Waals surface area contributed by atoms with E-state index in [0.717, 1.165) is 6.92 Å². The number of hydrogen-bond acceptors (Lipinski definition) is 5. The molecule has 0 aliphatic carbocycles. The first-order chi connectivity index (χ1) is 17.2. The highest BCUT2D eigenvalue weighted by atomic mass is 19.4. The lowest BCUT2D eigenvalue weighted by molar-refractivity contribution is -0.184. The van der Waals surface area contributed by atoms with Gasteiger partial charge in [0.2, 0.25) is 0 Å². The average molecular weight is 520 g/mol. The van der Waals surface area contributed by atoms with Crippen LogP contribution in [0.25, 0.3) is 11.3 Å². The molecule has 0 spiro atoms. The third kappa shape index (κ3) is 6.64. The summed E-state index contributed by atoms with van der Waals surface area (Å²) in [5, 5.41) is 11.3. The van der Waals surface area contributed by atoms with Gasteiger partial charge in [0.05, 0.1) is 18.0 Å². The van der Waals surface area contributed by atoms with Crippen LogP contribution in [0.4, 0.5) is 17.6 Å². The minimum Gasteiger partial charge on any atom is -0.491 e. The fourth-order valence-electron chi connectivity index (χ4n) is 3.54. The Balaban J connectivity index is 2.00. The molecule has 37 heavy (non-hydrogen) atoms. The summed E-state index contributed by atoms with van der Waals surface area (Å²) in [6, 6.07) is 14.0. The molecule has 1 unspecified atom stereocenters. The first-order valence-electron chi connectivity index (χ1n) is 11.5. The van der Waals surface area contributed by atoms with Gasteiger partial charge in [-0.1, -0.05) is 6.07 Å². The summed E-state index contributed by atoms with van der Waals surface area (Å²) in [6.45, 7) is 3.23. The molecule has 0 saturated carbocycles. The van der Waals surface area contributed by atoms with E-state index in [4.69, 9.17) is 15.6 Å². The molecular formula is C27H29F4N3O3. The maximum atomic E-state index is 14.5. The topological polar surface area (TPSA) is 97.5 Å². The highest BCUT2D eigenvalue weighted by Gasteiger charge is 2.54. The Morgan fingerprint density at radius 2 is 1.73 bits per heavy atom. The Morgan fingerprint density at radius 1 is 1.05 bits per heavy atom. The van der Waals surface area contributed by atoms with E-state index >= 15 is 0 Å². The van der Waals surface area contributed by atoms with Gasteiger partial charge in [-0.15, -0.1) is 0 Å². The summed E-state index contributed by atoms with van der Waals surface area (Å²) in [6.07, 6.45) is -4.79. The number of halogens is 4. The molecule has 1 aromatic heterocycles. The zero-order valence-corrected chi connectivity index (χ0v) is 20.7. The molecule has 1 heterocycles. The highest BCUT2D eigenvalue weighted by molar-refractivity contribution is 5.94. The summed E-state index contributed by atoms with van der Waals surface area (Å²) in [4.78, 5) is 17.1. The Hall–Kier alpha value is -3.50. The van der Waals surface area contributed by atoms with E-state index in [9.17, 15) is 22.4 Å². The Bertz CT molecular complexity index is 1240. The van der Waals surface area contributed by atoms with Gasteiger partial charge in [0, 0.05) is 23.2 Å². The van der Waals surface area contributed by atoms with Crippen LogP contribution in [0.2, 0.25) is 0 Å². The number of nitrogens with zero attached hydrogens (tertiary/aromatic N) is 1. The van der Waals surface area contributed by atoms with E-state index in [1.54, 1.807) is 26.0 Å². The molecule has 1 amide bonds. The van der Waals surface area contributed by atoms with Gasteiger partial charge in [0.15, 0.2) is 0 Å². The number of ether oxygens (including phenoxy) is 1. The van der Waals surface area contributed by atoms with Crippen molar-refractivity contribution in [3.05, 3.63) is 83.3 Å². The smallest absolute Gasteiger partial charge is 0.401 e. The van der Waals surface area contributed by atoms with E-state index in [2.05, 4.69) is 10.3 Å². The van der Waals surface area contributed by atoms with Crippen LogP contribution in [0.1, 0.15) is 42.4 Å². The molecule has 6 nitrogen and oxygen atoms in total. The molecule has 0 aliphatic rings. The van der Waals surface area contributed by atoms with Crippen molar-refractivity contribution >= 4 is 5.91 Å². The second-order valence-electron chi connectivity index (χ2n) is 9.47. The molecule has 0 bridgehead atoms. The van der Waals surface area contributed by atoms with Crippen molar-refractivity contribution in [3.63, 3.8) is 0 Å². The molecule has 3 rings (SSSR count). The molecule has 0 saturated heterocycles. The fraction of sp³-hybridized carbons (Fsp3) is 0.333. The van der Waals surface area contributed by atoms with Crippen molar-refractivity contribution in [3.8, 4) is 17.0 Å². The summed E-state index contributed by atoms with van der Waals surface area (Å²) in [5.41, 5.74) is 3.41. The molecule has 0 radical (unpaired) electrons. The predicted molar refractivity (Wildman–Crippen MR) is 132 cm³/mol. The molecule has 10 heteroatoms. The molecule has 198 valence electrons. The number of amides is 1. The van der Waals surface area contributed by atoms with Crippen molar-refractivity contribution in [2.75, 3.05) is 19.8 Å². The lowest BCUT2D eigenvalue weighted by Crippen LogP contribution is -2.49. The van der Waals surface area contributed by atoms with E-state index in [1.165, 1.54) is 48.5 Å². The number of aliphatic hydroxyl groups is 1. The van der Waals surface area contributed by atoms with Crippen molar-refractivity contribution < 1.29 is 32.2 Å². The summed E-state index contributed by atoms with van der Waals surface area (Å²) in [7, 11) is 0. The monoisotopic (exact) mass is 519 g/mol. The summed E-state index contributed by atoms with van der Waals surface area (Å²) < 4.78 is 62.4. The number of alkyl halides is 3. The molecular weight excluding hydrogens is 490 g/mol. The van der Waals surface area contributed by atoms with E-state index in [-0.39, 0.29) is 30.2 Å². The Kier molecular flexibility index (Phi) is 8.24. The number of pyridine rings is 1. The van der Waals surface area contributed by atoms with Gasteiger partial charge in [-0.3, -0.25) is 9.78 Å². The van der Waals surface area contributed by atoms with Gasteiger partial charge in [0.1, 0.15) is 23.6 Å². The Morgan fingerprint density at radius 3 is 2.32 bits per heavy atom. The first-order valence-corrected chi connectivity index (χ1v) is 11.5. The largest absolute Gasteiger partial charge is 0.491 e. The molecule has 0 fully saturated rings. The van der Waals surface area contributed by atoms with Crippen LogP contribution in [0.15, 0.2) is 60.7 Å². The van der Waals surface area contributed by atoms with Gasteiger partial charge >= 0.3 is 6.18 Å². The van der Waals surface area contributed by atoms with Gasteiger partial charge in [-0.2, -0.15) is 13.2 Å². The lowest BCUT2D eigenvalue weighted by Gasteiger charge is -2.33. The van der Waals surface area contributed by atoms with Crippen molar-refractivity contribution in [2.45, 2.75) is 37.9 Å². The van der Waals surface area contributed by atoms with Crippen molar-refractivity contribution in [1.29, 1.82) is 0 Å². The molecule has 1 atom stereocenters. The van der Waals surface area contributed by atoms with Gasteiger partial charge in [0.25, 0.3) is 5.91 Å². The SMILES string of the molecule is CC(C)(N)c1cc(-c2ccc(F)cc2)nc(C(C)(CNC(=O)c2cccc(OCCO)c2)C(F)(F)F)c1. The van der Waals surface area contributed by atoms with Crippen LogP contribution < -0.4 is 15.8 Å². The van der Waals surface area contributed by atoms with Crippen LogP contribution in [0.3, 0.4) is 0 Å². The van der Waals surface area contributed by atoms with Crippen molar-refractivity contribution in [2.24, 2.45) is 5.73 Å². The van der Waals surface area contributed by atoms with Crippen molar-refractivity contribution in [1.82, 2.24) is 10.3 Å². The number of aromatic nitrogens is 1. The molecule has 4 N–H and O–H groups in total. The lowest BCUT2D eigenvalue weighted by atomic mass is 9.82. The number of carbonyl (C=O) groups is 1. The number of rotatable bonds is 9. The standard InChI is InChI=1S/C27H29F4N3O3/c1-25(2,32)19-14-22(17-7-9-20(28)10-8-17)34-23(15-19)26(3,27(29,30)31)16-33-24(36)18-5-4-6-21(13-18)37-12-11-35/h4-10,13-15,35H,11-12,16,32H2,1-3H3,(H,33,36). The van der Waals surface area contributed by atoms with E-state index < -0.39 is 35.4 Å². The average Bonchev–Trinajstić information content (AvgIpc) is 2.85. The molecule has 2 aromatic carbocycles.